The molecule has 0 saturated carbocycles. The molecule has 0 bridgehead atoms. The number of rotatable bonds is 11. The Labute approximate surface area is 106 Å². The van der Waals surface area contributed by atoms with Crippen LogP contribution in [-0.2, 0) is 9.53 Å². The van der Waals surface area contributed by atoms with Crippen LogP contribution in [0.3, 0.4) is 0 Å². The molecule has 0 radical (unpaired) electrons. The van der Waals surface area contributed by atoms with Gasteiger partial charge in [-0.15, -0.1) is 0 Å². The average molecular weight is 240 g/mol. The summed E-state index contributed by atoms with van der Waals surface area (Å²) in [4.78, 5) is 10.8. The number of esters is 1. The van der Waals surface area contributed by atoms with Crippen LogP contribution in [0.5, 0.6) is 0 Å². The monoisotopic (exact) mass is 240 g/mol. The number of allylic oxidation sites excluding steroid dienone is 2. The molecule has 17 heavy (non-hydrogen) atoms. The zero-order valence-electron chi connectivity index (χ0n) is 11.5. The molecule has 0 aromatic rings. The van der Waals surface area contributed by atoms with Crippen LogP contribution in [0.4, 0.5) is 0 Å². The quantitative estimate of drug-likeness (QED) is 0.299. The molecule has 0 aliphatic heterocycles. The van der Waals surface area contributed by atoms with Crippen LogP contribution in [0, 0.1) is 0 Å². The van der Waals surface area contributed by atoms with Gasteiger partial charge in [0.1, 0.15) is 0 Å². The SMILES string of the molecule is C/C=C/CCCCCCCCCOC(=O)CC. The normalized spacial score (nSPS) is 10.9. The summed E-state index contributed by atoms with van der Waals surface area (Å²) in [6.45, 7) is 4.51. The van der Waals surface area contributed by atoms with Crippen LogP contribution in [0.15, 0.2) is 12.2 Å². The smallest absolute Gasteiger partial charge is 0.305 e. The van der Waals surface area contributed by atoms with Crippen molar-refractivity contribution in [3.63, 3.8) is 0 Å². The zero-order chi connectivity index (χ0) is 12.8. The van der Waals surface area contributed by atoms with Gasteiger partial charge in [-0.25, -0.2) is 0 Å². The van der Waals surface area contributed by atoms with Crippen molar-refractivity contribution >= 4 is 5.97 Å². The summed E-state index contributed by atoms with van der Waals surface area (Å²) < 4.78 is 5.02. The summed E-state index contributed by atoms with van der Waals surface area (Å²) in [5.74, 6) is -0.0750. The molecule has 0 rings (SSSR count). The number of hydrogen-bond donors (Lipinski definition) is 0. The molecule has 0 saturated heterocycles. The molecule has 0 aliphatic rings. The van der Waals surface area contributed by atoms with Gasteiger partial charge < -0.3 is 4.74 Å². The number of ether oxygens (including phenoxy) is 1. The third-order valence-corrected chi connectivity index (χ3v) is 2.80. The molecule has 0 amide bonds. The van der Waals surface area contributed by atoms with E-state index in [1.54, 1.807) is 0 Å². The summed E-state index contributed by atoms with van der Waals surface area (Å²) in [5, 5.41) is 0. The number of hydrogen-bond acceptors (Lipinski definition) is 2. The maximum atomic E-state index is 10.8. The summed E-state index contributed by atoms with van der Waals surface area (Å²) in [6.07, 6.45) is 14.9. The Morgan fingerprint density at radius 2 is 1.59 bits per heavy atom. The average Bonchev–Trinajstić information content (AvgIpc) is 2.35. The van der Waals surface area contributed by atoms with Crippen molar-refractivity contribution in [2.45, 2.75) is 71.6 Å². The van der Waals surface area contributed by atoms with Crippen molar-refractivity contribution in [2.24, 2.45) is 0 Å². The van der Waals surface area contributed by atoms with E-state index < -0.39 is 0 Å². The molecule has 0 atom stereocenters. The molecule has 0 fully saturated rings. The molecule has 0 N–H and O–H groups in total. The lowest BCUT2D eigenvalue weighted by Gasteiger charge is -2.03. The Morgan fingerprint density at radius 1 is 1.00 bits per heavy atom. The Bertz CT molecular complexity index is 197. The highest BCUT2D eigenvalue weighted by Gasteiger charge is 1.97. The van der Waals surface area contributed by atoms with Gasteiger partial charge in [0, 0.05) is 6.42 Å². The van der Waals surface area contributed by atoms with Crippen molar-refractivity contribution in [1.82, 2.24) is 0 Å². The topological polar surface area (TPSA) is 26.3 Å². The molecule has 0 heterocycles. The fourth-order valence-corrected chi connectivity index (χ4v) is 1.70. The first-order valence-corrected chi connectivity index (χ1v) is 7.08. The van der Waals surface area contributed by atoms with E-state index in [9.17, 15) is 4.79 Å². The Balaban J connectivity index is 3.01. The molecule has 0 unspecified atom stereocenters. The van der Waals surface area contributed by atoms with Crippen LogP contribution in [-0.4, -0.2) is 12.6 Å². The van der Waals surface area contributed by atoms with E-state index in [4.69, 9.17) is 4.74 Å². The van der Waals surface area contributed by atoms with Crippen molar-refractivity contribution < 1.29 is 9.53 Å². The summed E-state index contributed by atoms with van der Waals surface area (Å²) >= 11 is 0. The third-order valence-electron chi connectivity index (χ3n) is 2.80. The van der Waals surface area contributed by atoms with Crippen LogP contribution < -0.4 is 0 Å². The second-order valence-electron chi connectivity index (χ2n) is 4.41. The van der Waals surface area contributed by atoms with Crippen LogP contribution in [0.1, 0.15) is 71.6 Å². The molecule has 100 valence electrons. The number of carbonyl (C=O) groups is 1. The van der Waals surface area contributed by atoms with Crippen LogP contribution in [0.2, 0.25) is 0 Å². The van der Waals surface area contributed by atoms with Crippen LogP contribution in [0.25, 0.3) is 0 Å². The van der Waals surface area contributed by atoms with E-state index in [-0.39, 0.29) is 5.97 Å². The van der Waals surface area contributed by atoms with Gasteiger partial charge in [0.15, 0.2) is 0 Å². The fraction of sp³-hybridized carbons (Fsp3) is 0.800. The van der Waals surface area contributed by atoms with Gasteiger partial charge in [-0.3, -0.25) is 4.79 Å². The first kappa shape index (κ1) is 16.2. The minimum Gasteiger partial charge on any atom is -0.466 e. The Kier molecular flexibility index (Phi) is 12.7. The van der Waals surface area contributed by atoms with Crippen molar-refractivity contribution in [3.8, 4) is 0 Å². The molecule has 0 spiro atoms. The molecule has 0 aromatic carbocycles. The standard InChI is InChI=1S/C15H28O2/c1-3-5-6-7-8-9-10-11-12-13-14-17-15(16)4-2/h3,5H,4,6-14H2,1-2H3/b5-3+. The highest BCUT2D eigenvalue weighted by atomic mass is 16.5. The van der Waals surface area contributed by atoms with Crippen molar-refractivity contribution in [3.05, 3.63) is 12.2 Å². The number of carbonyl (C=O) groups excluding carboxylic acids is 1. The van der Waals surface area contributed by atoms with Gasteiger partial charge >= 0.3 is 5.97 Å². The third kappa shape index (κ3) is 13.1. The molecular weight excluding hydrogens is 212 g/mol. The number of unbranched alkanes of at least 4 members (excludes halogenated alkanes) is 7. The lowest BCUT2D eigenvalue weighted by molar-refractivity contribution is -0.143. The van der Waals surface area contributed by atoms with E-state index in [1.807, 2.05) is 6.92 Å². The van der Waals surface area contributed by atoms with Gasteiger partial charge in [-0.2, -0.15) is 0 Å². The van der Waals surface area contributed by atoms with Crippen molar-refractivity contribution in [2.75, 3.05) is 6.61 Å². The van der Waals surface area contributed by atoms with Gasteiger partial charge in [-0.05, 0) is 26.2 Å². The fourth-order valence-electron chi connectivity index (χ4n) is 1.70. The minimum absolute atomic E-state index is 0.0750. The van der Waals surface area contributed by atoms with E-state index in [0.29, 0.717) is 13.0 Å². The van der Waals surface area contributed by atoms with Gasteiger partial charge in [0.05, 0.1) is 6.61 Å². The summed E-state index contributed by atoms with van der Waals surface area (Å²) in [5.41, 5.74) is 0. The van der Waals surface area contributed by atoms with Gasteiger partial charge in [-0.1, -0.05) is 51.2 Å². The minimum atomic E-state index is -0.0750. The van der Waals surface area contributed by atoms with Gasteiger partial charge in [0.25, 0.3) is 0 Å². The molecule has 2 nitrogen and oxygen atoms in total. The lowest BCUT2D eigenvalue weighted by atomic mass is 10.1. The van der Waals surface area contributed by atoms with E-state index >= 15 is 0 Å². The lowest BCUT2D eigenvalue weighted by Crippen LogP contribution is -2.03. The Hall–Kier alpha value is -0.790. The zero-order valence-corrected chi connectivity index (χ0v) is 11.5. The Morgan fingerprint density at radius 3 is 2.18 bits per heavy atom. The van der Waals surface area contributed by atoms with E-state index in [0.717, 1.165) is 6.42 Å². The van der Waals surface area contributed by atoms with Gasteiger partial charge in [0.2, 0.25) is 0 Å². The van der Waals surface area contributed by atoms with E-state index in [2.05, 4.69) is 19.1 Å². The molecular formula is C15H28O2. The maximum Gasteiger partial charge on any atom is 0.305 e. The van der Waals surface area contributed by atoms with Crippen molar-refractivity contribution in [1.29, 1.82) is 0 Å². The summed E-state index contributed by atoms with van der Waals surface area (Å²) in [6, 6.07) is 0. The molecule has 0 aliphatic carbocycles. The predicted octanol–water partition coefficient (Wildman–Crippen LogP) is 4.64. The highest BCUT2D eigenvalue weighted by Crippen LogP contribution is 2.09. The van der Waals surface area contributed by atoms with Crippen LogP contribution >= 0.6 is 0 Å². The largest absolute Gasteiger partial charge is 0.466 e. The first-order valence-electron chi connectivity index (χ1n) is 7.08. The molecule has 2 heteroatoms. The maximum absolute atomic E-state index is 10.8. The molecule has 0 aromatic heterocycles. The first-order chi connectivity index (χ1) is 8.31. The van der Waals surface area contributed by atoms with E-state index in [1.165, 1.54) is 44.9 Å². The highest BCUT2D eigenvalue weighted by molar-refractivity contribution is 5.68. The second kappa shape index (κ2) is 13.3. The predicted molar refractivity (Wildman–Crippen MR) is 73.0 cm³/mol. The second-order valence-corrected chi connectivity index (χ2v) is 4.41. The summed E-state index contributed by atoms with van der Waals surface area (Å²) in [7, 11) is 0.